The molecule has 4 heterocycles. The number of oxazole rings is 1. The number of rotatable bonds is 8. The van der Waals surface area contributed by atoms with Gasteiger partial charge in [0.25, 0.3) is 11.8 Å². The molecule has 0 saturated carbocycles. The molecule has 34 heavy (non-hydrogen) atoms. The lowest BCUT2D eigenvalue weighted by Gasteiger charge is -2.30. The molecule has 0 saturated heterocycles. The Balaban J connectivity index is 1.74. The van der Waals surface area contributed by atoms with Gasteiger partial charge in [-0.25, -0.2) is 14.5 Å². The van der Waals surface area contributed by atoms with Gasteiger partial charge in [-0.1, -0.05) is 0 Å². The Morgan fingerprint density at radius 2 is 1.94 bits per heavy atom. The van der Waals surface area contributed by atoms with Crippen LogP contribution in [0.5, 0.6) is 5.88 Å². The number of pyridine rings is 1. The van der Waals surface area contributed by atoms with E-state index in [0.717, 1.165) is 11.1 Å². The third-order valence-electron chi connectivity index (χ3n) is 5.93. The van der Waals surface area contributed by atoms with Crippen molar-refractivity contribution in [3.05, 3.63) is 60.2 Å². The number of aromatic nitrogens is 4. The largest absolute Gasteiger partial charge is 0.481 e. The first kappa shape index (κ1) is 22.8. The molecule has 0 unspecified atom stereocenters. The highest BCUT2D eigenvalue weighted by Crippen LogP contribution is 2.33. The zero-order valence-electron chi connectivity index (χ0n) is 19.2. The molecule has 4 rings (SSSR count). The third kappa shape index (κ3) is 4.03. The second-order valence-corrected chi connectivity index (χ2v) is 8.44. The van der Waals surface area contributed by atoms with Crippen LogP contribution in [-0.4, -0.2) is 44.5 Å². The van der Waals surface area contributed by atoms with Crippen LogP contribution in [0.2, 0.25) is 0 Å². The summed E-state index contributed by atoms with van der Waals surface area (Å²) in [6, 6.07) is 5.23. The van der Waals surface area contributed by atoms with Crippen molar-refractivity contribution in [2.75, 3.05) is 12.4 Å². The third-order valence-corrected chi connectivity index (χ3v) is 5.93. The standard InChI is InChI=1S/C23H25N7O4/c1-12(23(2,3)22-29-16(11-34-22)21(25)32)28-19-15(20(24)31)9-27-30-10-14(7-17(19)30)13-5-6-18(33-4)26-8-13/h5-12,28H,1-4H3,(H2,24,31)(H2,25,32)/t12-/m1/s1. The van der Waals surface area contributed by atoms with Gasteiger partial charge in [-0.05, 0) is 32.9 Å². The molecule has 11 heteroatoms. The van der Waals surface area contributed by atoms with E-state index in [1.807, 2.05) is 39.1 Å². The Kier molecular flexibility index (Phi) is 5.70. The van der Waals surface area contributed by atoms with Crippen molar-refractivity contribution >= 4 is 23.0 Å². The molecule has 11 nitrogen and oxygen atoms in total. The minimum atomic E-state index is -0.682. The van der Waals surface area contributed by atoms with Gasteiger partial charge in [0, 0.05) is 35.6 Å². The molecular weight excluding hydrogens is 438 g/mol. The van der Waals surface area contributed by atoms with E-state index in [-0.39, 0.29) is 17.3 Å². The van der Waals surface area contributed by atoms with Crippen molar-refractivity contribution < 1.29 is 18.7 Å². The highest BCUT2D eigenvalue weighted by molar-refractivity contribution is 6.02. The van der Waals surface area contributed by atoms with Crippen molar-refractivity contribution in [3.8, 4) is 17.0 Å². The van der Waals surface area contributed by atoms with Crippen molar-refractivity contribution in [1.82, 2.24) is 19.6 Å². The smallest absolute Gasteiger partial charge is 0.270 e. The number of ether oxygens (including phenoxy) is 1. The summed E-state index contributed by atoms with van der Waals surface area (Å²) in [6.45, 7) is 5.71. The van der Waals surface area contributed by atoms with Gasteiger partial charge >= 0.3 is 0 Å². The fourth-order valence-electron chi connectivity index (χ4n) is 3.49. The van der Waals surface area contributed by atoms with Crippen molar-refractivity contribution in [2.24, 2.45) is 11.5 Å². The van der Waals surface area contributed by atoms with Crippen LogP contribution in [0, 0.1) is 0 Å². The molecule has 2 amide bonds. The van der Waals surface area contributed by atoms with E-state index < -0.39 is 17.2 Å². The Bertz CT molecular complexity index is 1370. The molecule has 4 aromatic rings. The van der Waals surface area contributed by atoms with Gasteiger partial charge in [-0.3, -0.25) is 9.59 Å². The molecule has 4 aromatic heterocycles. The Morgan fingerprint density at radius 1 is 1.18 bits per heavy atom. The topological polar surface area (TPSA) is 164 Å². The summed E-state index contributed by atoms with van der Waals surface area (Å²) in [5.74, 6) is -0.464. The quantitative estimate of drug-likeness (QED) is 0.358. The maximum Gasteiger partial charge on any atom is 0.270 e. The van der Waals surface area contributed by atoms with E-state index in [4.69, 9.17) is 20.6 Å². The lowest BCUT2D eigenvalue weighted by atomic mass is 9.85. The average Bonchev–Trinajstić information content (AvgIpc) is 3.47. The summed E-state index contributed by atoms with van der Waals surface area (Å²) in [5, 5.41) is 7.72. The first-order chi connectivity index (χ1) is 16.1. The molecule has 5 N–H and O–H groups in total. The first-order valence-corrected chi connectivity index (χ1v) is 10.5. The van der Waals surface area contributed by atoms with E-state index in [9.17, 15) is 9.59 Å². The van der Waals surface area contributed by atoms with Crippen LogP contribution in [0.25, 0.3) is 16.6 Å². The Morgan fingerprint density at radius 3 is 2.53 bits per heavy atom. The number of nitrogens with zero attached hydrogens (tertiary/aromatic N) is 4. The monoisotopic (exact) mass is 463 g/mol. The highest BCUT2D eigenvalue weighted by atomic mass is 16.5. The summed E-state index contributed by atoms with van der Waals surface area (Å²) < 4.78 is 12.3. The fourth-order valence-corrected chi connectivity index (χ4v) is 3.49. The lowest BCUT2D eigenvalue weighted by molar-refractivity contribution is 0.0989. The number of fused-ring (bicyclic) bond motifs is 1. The minimum Gasteiger partial charge on any atom is -0.481 e. The number of carbonyl (C=O) groups excluding carboxylic acids is 2. The summed E-state index contributed by atoms with van der Waals surface area (Å²) in [4.78, 5) is 32.1. The second-order valence-electron chi connectivity index (χ2n) is 8.44. The van der Waals surface area contributed by atoms with E-state index in [1.165, 1.54) is 12.5 Å². The normalized spacial score (nSPS) is 12.5. The number of primary amides is 2. The Labute approximate surface area is 195 Å². The molecule has 0 radical (unpaired) electrons. The molecule has 0 spiro atoms. The minimum absolute atomic E-state index is 0.0451. The van der Waals surface area contributed by atoms with Gasteiger partial charge < -0.3 is 25.9 Å². The Hall–Kier alpha value is -4.41. The number of amides is 2. The lowest BCUT2D eigenvalue weighted by Crippen LogP contribution is -2.38. The SMILES string of the molecule is COc1ccc(-c2cc3c(N[C@H](C)C(C)(C)c4nc(C(N)=O)co4)c(C(N)=O)cnn3c2)cn1. The number of nitrogens with one attached hydrogen (secondary N) is 1. The molecule has 0 aliphatic rings. The van der Waals surface area contributed by atoms with Crippen LogP contribution >= 0.6 is 0 Å². The maximum absolute atomic E-state index is 12.2. The number of hydrogen-bond acceptors (Lipinski definition) is 8. The van der Waals surface area contributed by atoms with Crippen molar-refractivity contribution in [2.45, 2.75) is 32.2 Å². The zero-order chi connectivity index (χ0) is 24.6. The fraction of sp³-hybridized carbons (Fsp3) is 0.261. The van der Waals surface area contributed by atoms with E-state index in [2.05, 4.69) is 20.4 Å². The van der Waals surface area contributed by atoms with Crippen LogP contribution in [0.15, 0.2) is 47.5 Å². The maximum atomic E-state index is 12.2. The summed E-state index contributed by atoms with van der Waals surface area (Å²) in [6.07, 6.45) is 6.18. The predicted octanol–water partition coefficient (Wildman–Crippen LogP) is 2.37. The van der Waals surface area contributed by atoms with E-state index in [0.29, 0.717) is 23.0 Å². The highest BCUT2D eigenvalue weighted by Gasteiger charge is 2.34. The molecule has 176 valence electrons. The van der Waals surface area contributed by atoms with Crippen LogP contribution in [-0.2, 0) is 5.41 Å². The van der Waals surface area contributed by atoms with Gasteiger partial charge in [-0.15, -0.1) is 0 Å². The number of methoxy groups -OCH3 is 1. The summed E-state index contributed by atoms with van der Waals surface area (Å²) >= 11 is 0. The van der Waals surface area contributed by atoms with Crippen LogP contribution < -0.4 is 21.5 Å². The van der Waals surface area contributed by atoms with Gasteiger partial charge in [0.1, 0.15) is 6.26 Å². The number of nitrogens with two attached hydrogens (primary N) is 2. The summed E-state index contributed by atoms with van der Waals surface area (Å²) in [7, 11) is 1.55. The van der Waals surface area contributed by atoms with Gasteiger partial charge in [-0.2, -0.15) is 5.10 Å². The van der Waals surface area contributed by atoms with Crippen molar-refractivity contribution in [3.63, 3.8) is 0 Å². The van der Waals surface area contributed by atoms with Crippen LogP contribution in [0.3, 0.4) is 0 Å². The predicted molar refractivity (Wildman–Crippen MR) is 125 cm³/mol. The van der Waals surface area contributed by atoms with Crippen LogP contribution in [0.1, 0.15) is 47.5 Å². The molecule has 0 aliphatic carbocycles. The van der Waals surface area contributed by atoms with Gasteiger partial charge in [0.15, 0.2) is 5.69 Å². The van der Waals surface area contributed by atoms with Gasteiger partial charge in [0.2, 0.25) is 11.8 Å². The van der Waals surface area contributed by atoms with E-state index >= 15 is 0 Å². The number of hydrogen-bond donors (Lipinski definition) is 3. The van der Waals surface area contributed by atoms with E-state index in [1.54, 1.807) is 23.9 Å². The molecule has 1 atom stereocenters. The molecule has 0 fully saturated rings. The molecule has 0 aromatic carbocycles. The van der Waals surface area contributed by atoms with Gasteiger partial charge in [0.05, 0.1) is 35.5 Å². The molecule has 0 bridgehead atoms. The number of anilines is 1. The van der Waals surface area contributed by atoms with Crippen molar-refractivity contribution in [1.29, 1.82) is 0 Å². The average molecular weight is 463 g/mol. The first-order valence-electron chi connectivity index (χ1n) is 10.5. The number of carbonyl (C=O) groups is 2. The molecular formula is C23H25N7O4. The zero-order valence-corrected chi connectivity index (χ0v) is 19.2. The second kappa shape index (κ2) is 8.50. The van der Waals surface area contributed by atoms with Crippen LogP contribution in [0.4, 0.5) is 5.69 Å². The molecule has 0 aliphatic heterocycles. The summed E-state index contributed by atoms with van der Waals surface area (Å²) in [5.41, 5.74) is 13.4.